The molecule has 2 atom stereocenters. The second-order valence-corrected chi connectivity index (χ2v) is 15.0. The molecule has 0 aliphatic heterocycles. The zero-order valence-corrected chi connectivity index (χ0v) is 28.5. The summed E-state index contributed by atoms with van der Waals surface area (Å²) in [5.41, 5.74) is 0. The zero-order chi connectivity index (χ0) is 28.2. The molecule has 0 aliphatic rings. The minimum Gasteiger partial charge on any atom is -0.380 e. The summed E-state index contributed by atoms with van der Waals surface area (Å²) in [6.45, 7) is 2.10. The average Bonchev–Trinajstić information content (AvgIpc) is 2.90. The van der Waals surface area contributed by atoms with Gasteiger partial charge in [0.25, 0.3) is 0 Å². The highest BCUT2D eigenvalue weighted by molar-refractivity contribution is 9.09. The number of carbonyl (C=O) groups excluding carboxylic acids is 1. The van der Waals surface area contributed by atoms with E-state index in [2.05, 4.69) is 29.8 Å². The second kappa shape index (κ2) is 29.4. The van der Waals surface area contributed by atoms with Gasteiger partial charge in [-0.1, -0.05) is 151 Å². The Morgan fingerprint density at radius 1 is 0.711 bits per heavy atom. The summed E-state index contributed by atoms with van der Waals surface area (Å²) in [5.74, 6) is 0. The first-order chi connectivity index (χ1) is 18.4. The lowest BCUT2D eigenvalue weighted by atomic mass is 10.0. The van der Waals surface area contributed by atoms with Crippen LogP contribution in [0, 0.1) is 0 Å². The van der Waals surface area contributed by atoms with Crippen LogP contribution in [-0.4, -0.2) is 42.1 Å². The molecule has 228 valence electrons. The Bertz CT molecular complexity index is 573. The van der Waals surface area contributed by atoms with Gasteiger partial charge in [0, 0.05) is 29.6 Å². The van der Waals surface area contributed by atoms with Gasteiger partial charge in [0.05, 0.1) is 25.1 Å². The van der Waals surface area contributed by atoms with Crippen molar-refractivity contribution in [2.75, 3.05) is 31.8 Å². The van der Waals surface area contributed by atoms with E-state index in [1.807, 2.05) is 0 Å². The zero-order valence-electron chi connectivity index (χ0n) is 24.4. The van der Waals surface area contributed by atoms with Crippen molar-refractivity contribution in [2.45, 2.75) is 148 Å². The highest BCUT2D eigenvalue weighted by Crippen LogP contribution is 2.53. The molecule has 0 amide bonds. The topological polar surface area (TPSA) is 61.8 Å². The first-order valence-corrected chi connectivity index (χ1v) is 19.8. The average molecular weight is 664 g/mol. The van der Waals surface area contributed by atoms with Crippen molar-refractivity contribution in [3.8, 4) is 0 Å². The van der Waals surface area contributed by atoms with Crippen LogP contribution in [0.1, 0.15) is 142 Å². The molecule has 0 N–H and O–H groups in total. The number of hydrogen-bond acceptors (Lipinski definition) is 6. The fourth-order valence-corrected chi connectivity index (χ4v) is 6.77. The lowest BCUT2D eigenvalue weighted by molar-refractivity contribution is -0.111. The van der Waals surface area contributed by atoms with E-state index in [0.29, 0.717) is 25.0 Å². The van der Waals surface area contributed by atoms with E-state index >= 15 is 0 Å². The van der Waals surface area contributed by atoms with Gasteiger partial charge in [-0.15, -0.1) is 0 Å². The lowest BCUT2D eigenvalue weighted by Crippen LogP contribution is -2.21. The van der Waals surface area contributed by atoms with Crippen LogP contribution in [0.25, 0.3) is 0 Å². The van der Waals surface area contributed by atoms with Crippen LogP contribution in [0.3, 0.4) is 0 Å². The number of carbonyl (C=O) groups is 1. The molecule has 9 heteroatoms. The SMILES string of the molecule is CCCCCCCCCCCCCCCCOC[C@H](COP(=O)(Cl)OCCBr)SC(=O)CCCCCCC. The van der Waals surface area contributed by atoms with Gasteiger partial charge in [-0.2, -0.15) is 0 Å². The molecule has 0 aromatic rings. The van der Waals surface area contributed by atoms with Gasteiger partial charge in [0.15, 0.2) is 5.12 Å². The van der Waals surface area contributed by atoms with Crippen molar-refractivity contribution in [3.05, 3.63) is 0 Å². The Hall–Kier alpha value is 0.900. The van der Waals surface area contributed by atoms with Crippen LogP contribution in [0.2, 0.25) is 0 Å². The van der Waals surface area contributed by atoms with Crippen molar-refractivity contribution in [3.63, 3.8) is 0 Å². The summed E-state index contributed by atoms with van der Waals surface area (Å²) < 4.78 is 28.5. The van der Waals surface area contributed by atoms with Gasteiger partial charge < -0.3 is 4.74 Å². The Balaban J connectivity index is 4.00. The summed E-state index contributed by atoms with van der Waals surface area (Å²) in [5, 5.41) is 0.398. The van der Waals surface area contributed by atoms with Gasteiger partial charge in [-0.05, 0) is 12.8 Å². The predicted molar refractivity (Wildman–Crippen MR) is 170 cm³/mol. The number of alkyl halides is 1. The molecule has 0 aromatic heterocycles. The number of thioether (sulfide) groups is 1. The third kappa shape index (κ3) is 28.4. The van der Waals surface area contributed by atoms with Crippen LogP contribution >= 0.6 is 45.9 Å². The Labute approximate surface area is 252 Å². The molecule has 0 spiro atoms. The van der Waals surface area contributed by atoms with E-state index in [-0.39, 0.29) is 23.6 Å². The molecule has 1 unspecified atom stereocenters. The lowest BCUT2D eigenvalue weighted by Gasteiger charge is -2.18. The molecule has 38 heavy (non-hydrogen) atoms. The van der Waals surface area contributed by atoms with Crippen LogP contribution < -0.4 is 0 Å². The summed E-state index contributed by atoms with van der Waals surface area (Å²) in [4.78, 5) is 12.5. The van der Waals surface area contributed by atoms with Crippen molar-refractivity contribution in [2.24, 2.45) is 0 Å². The second-order valence-electron chi connectivity index (χ2n) is 10.2. The molecule has 5 nitrogen and oxygen atoms in total. The van der Waals surface area contributed by atoms with E-state index in [1.165, 1.54) is 114 Å². The van der Waals surface area contributed by atoms with Gasteiger partial charge in [0.2, 0.25) is 0 Å². The fourth-order valence-electron chi connectivity index (χ4n) is 4.20. The minimum absolute atomic E-state index is 0.0635. The third-order valence-corrected chi connectivity index (χ3v) is 9.40. The highest BCUT2D eigenvalue weighted by Gasteiger charge is 2.24. The first kappa shape index (κ1) is 38.9. The molecule has 0 rings (SSSR count). The van der Waals surface area contributed by atoms with Gasteiger partial charge >= 0.3 is 6.95 Å². The van der Waals surface area contributed by atoms with Crippen molar-refractivity contribution in [1.29, 1.82) is 0 Å². The summed E-state index contributed by atoms with van der Waals surface area (Å²) >= 11 is 10.3. The maximum atomic E-state index is 12.5. The van der Waals surface area contributed by atoms with E-state index in [9.17, 15) is 9.36 Å². The summed E-state index contributed by atoms with van der Waals surface area (Å²) in [6, 6.07) is 0. The van der Waals surface area contributed by atoms with Crippen LogP contribution in [0.4, 0.5) is 0 Å². The number of halogens is 2. The van der Waals surface area contributed by atoms with Gasteiger partial charge in [0.1, 0.15) is 0 Å². The molecule has 0 aliphatic carbocycles. The Morgan fingerprint density at radius 3 is 1.68 bits per heavy atom. The quantitative estimate of drug-likeness (QED) is 0.0433. The Morgan fingerprint density at radius 2 is 1.18 bits per heavy atom. The molecule has 0 saturated heterocycles. The predicted octanol–water partition coefficient (Wildman–Crippen LogP) is 11.2. The number of rotatable bonds is 30. The molecule has 0 saturated carbocycles. The van der Waals surface area contributed by atoms with E-state index in [4.69, 9.17) is 25.0 Å². The Kier molecular flexibility index (Phi) is 30.1. The monoisotopic (exact) mass is 662 g/mol. The van der Waals surface area contributed by atoms with Crippen molar-refractivity contribution >= 4 is 51.0 Å². The third-order valence-electron chi connectivity index (χ3n) is 6.47. The largest absolute Gasteiger partial charge is 0.424 e. The smallest absolute Gasteiger partial charge is 0.380 e. The van der Waals surface area contributed by atoms with E-state index < -0.39 is 6.95 Å². The number of hydrogen-bond donors (Lipinski definition) is 0. The molecule has 0 bridgehead atoms. The van der Waals surface area contributed by atoms with Crippen molar-refractivity contribution in [1.82, 2.24) is 0 Å². The summed E-state index contributed by atoms with van der Waals surface area (Å²) in [7, 11) is 0. The van der Waals surface area contributed by atoms with Crippen LogP contribution in [-0.2, 0) is 23.1 Å². The molecule has 0 radical (unpaired) electrons. The fraction of sp³-hybridized carbons (Fsp3) is 0.966. The van der Waals surface area contributed by atoms with Crippen molar-refractivity contribution < 1.29 is 23.1 Å². The first-order valence-electron chi connectivity index (χ1n) is 15.4. The molecule has 0 fully saturated rings. The normalized spacial score (nSPS) is 14.0. The minimum atomic E-state index is -3.65. The van der Waals surface area contributed by atoms with Gasteiger partial charge in [-0.3, -0.25) is 13.8 Å². The van der Waals surface area contributed by atoms with Crippen LogP contribution in [0.15, 0.2) is 0 Å². The summed E-state index contributed by atoms with van der Waals surface area (Å²) in [6.07, 6.45) is 24.7. The highest BCUT2D eigenvalue weighted by atomic mass is 79.9. The number of unbranched alkanes of at least 4 members (excludes halogenated alkanes) is 17. The molecular formula is C29H57BrClO5PS. The van der Waals surface area contributed by atoms with Crippen LogP contribution in [0.5, 0.6) is 0 Å². The molecule has 0 heterocycles. The van der Waals surface area contributed by atoms with E-state index in [1.54, 1.807) is 0 Å². The maximum absolute atomic E-state index is 12.5. The van der Waals surface area contributed by atoms with E-state index in [0.717, 1.165) is 19.3 Å². The number of ether oxygens (including phenoxy) is 1. The maximum Gasteiger partial charge on any atom is 0.424 e. The molecular weight excluding hydrogens is 607 g/mol. The standard InChI is InChI=1S/C29H57BrClO5PS/c1-3-5-7-9-10-11-12-13-14-15-16-17-19-21-24-34-26-28(27-36-37(31,33)35-25-23-30)38-29(32)22-20-18-8-6-4-2/h28H,3-27H2,1-2H3/t28-,37?/m1/s1. The van der Waals surface area contributed by atoms with Gasteiger partial charge in [-0.25, -0.2) is 4.57 Å². The molecule has 0 aromatic carbocycles.